The molecule has 2 aromatic heterocycles. The molecule has 8 heteroatoms. The fraction of sp³-hybridized carbons (Fsp3) is 0.417. The number of aromatic nitrogens is 1. The fourth-order valence-corrected chi connectivity index (χ4v) is 4.10. The van der Waals surface area contributed by atoms with Crippen LogP contribution in [-0.4, -0.2) is 59.3 Å². The third-order valence-corrected chi connectivity index (χ3v) is 6.23. The van der Waals surface area contributed by atoms with Gasteiger partial charge in [0.1, 0.15) is 5.76 Å². The second kappa shape index (κ2) is 10.8. The van der Waals surface area contributed by atoms with Gasteiger partial charge in [-0.1, -0.05) is 13.0 Å². The molecule has 3 aromatic rings. The molecule has 7 nitrogen and oxygen atoms in total. The number of aryl methyl sites for hydroxylation is 1. The van der Waals surface area contributed by atoms with Gasteiger partial charge in [0.15, 0.2) is 5.11 Å². The summed E-state index contributed by atoms with van der Waals surface area (Å²) in [5.74, 6) is 0.816. The number of aromatic amines is 1. The second-order valence-corrected chi connectivity index (χ2v) is 8.40. The third-order valence-electron chi connectivity index (χ3n) is 5.83. The van der Waals surface area contributed by atoms with Crippen molar-refractivity contribution in [1.29, 1.82) is 0 Å². The molecule has 0 radical (unpaired) electrons. The quantitative estimate of drug-likeness (QED) is 0.507. The molecule has 32 heavy (non-hydrogen) atoms. The summed E-state index contributed by atoms with van der Waals surface area (Å²) in [6.07, 6.45) is 2.60. The van der Waals surface area contributed by atoms with Crippen LogP contribution in [0.3, 0.4) is 0 Å². The molecule has 0 aliphatic carbocycles. The van der Waals surface area contributed by atoms with Gasteiger partial charge < -0.3 is 24.4 Å². The average molecular weight is 455 g/mol. The van der Waals surface area contributed by atoms with Crippen LogP contribution in [-0.2, 0) is 24.2 Å². The predicted molar refractivity (Wildman–Crippen MR) is 130 cm³/mol. The first-order valence-corrected chi connectivity index (χ1v) is 11.5. The molecule has 170 valence electrons. The lowest BCUT2D eigenvalue weighted by Crippen LogP contribution is -2.46. The van der Waals surface area contributed by atoms with Gasteiger partial charge in [-0.3, -0.25) is 9.69 Å². The molecule has 0 saturated carbocycles. The lowest BCUT2D eigenvalue weighted by Gasteiger charge is -2.31. The van der Waals surface area contributed by atoms with Crippen molar-refractivity contribution >= 4 is 28.2 Å². The Bertz CT molecular complexity index is 1090. The number of ether oxygens (including phenoxy) is 1. The van der Waals surface area contributed by atoms with Crippen molar-refractivity contribution < 1.29 is 9.15 Å². The van der Waals surface area contributed by atoms with Crippen molar-refractivity contribution in [2.45, 2.75) is 26.4 Å². The van der Waals surface area contributed by atoms with Crippen LogP contribution in [0.15, 0.2) is 51.9 Å². The Morgan fingerprint density at radius 1 is 1.25 bits per heavy atom. The number of hydrogen-bond acceptors (Lipinski definition) is 5. The summed E-state index contributed by atoms with van der Waals surface area (Å²) >= 11 is 5.71. The number of rotatable bonds is 8. The number of nitrogens with zero attached hydrogens (tertiary/aromatic N) is 2. The number of H-pyrrole nitrogens is 1. The van der Waals surface area contributed by atoms with Gasteiger partial charge >= 0.3 is 0 Å². The van der Waals surface area contributed by atoms with E-state index in [1.807, 2.05) is 24.3 Å². The normalized spacial score (nSPS) is 14.5. The van der Waals surface area contributed by atoms with Crippen LogP contribution in [0, 0.1) is 0 Å². The highest BCUT2D eigenvalue weighted by Gasteiger charge is 2.17. The smallest absolute Gasteiger partial charge is 0.253 e. The first-order valence-electron chi connectivity index (χ1n) is 11.1. The van der Waals surface area contributed by atoms with Crippen molar-refractivity contribution in [2.24, 2.45) is 0 Å². The van der Waals surface area contributed by atoms with E-state index in [1.165, 1.54) is 5.56 Å². The van der Waals surface area contributed by atoms with E-state index >= 15 is 0 Å². The Balaban J connectivity index is 1.51. The molecule has 1 saturated heterocycles. The minimum atomic E-state index is -0.0769. The van der Waals surface area contributed by atoms with Crippen LogP contribution >= 0.6 is 12.2 Å². The van der Waals surface area contributed by atoms with Crippen LogP contribution in [0.1, 0.15) is 23.8 Å². The van der Waals surface area contributed by atoms with Gasteiger partial charge in [0.2, 0.25) is 0 Å². The van der Waals surface area contributed by atoms with E-state index in [-0.39, 0.29) is 5.56 Å². The Hall–Kier alpha value is -2.68. The van der Waals surface area contributed by atoms with Gasteiger partial charge in [-0.25, -0.2) is 0 Å². The number of pyridine rings is 1. The Kier molecular flexibility index (Phi) is 7.57. The maximum Gasteiger partial charge on any atom is 0.253 e. The SMILES string of the molecule is CCc1ccc2[nH]c(=O)c(CN(CCN3CCOCC3)C(=S)NCc3ccco3)cc2c1. The Morgan fingerprint density at radius 3 is 2.84 bits per heavy atom. The molecule has 0 spiro atoms. The first-order chi connectivity index (χ1) is 15.6. The van der Waals surface area contributed by atoms with Crippen LogP contribution in [0.2, 0.25) is 0 Å². The molecule has 1 aromatic carbocycles. The minimum absolute atomic E-state index is 0.0769. The number of furan rings is 1. The Labute approximate surface area is 193 Å². The molecule has 0 amide bonds. The molecular formula is C24H30N4O3S. The number of morpholine rings is 1. The predicted octanol–water partition coefficient (Wildman–Crippen LogP) is 2.89. The number of benzene rings is 1. The minimum Gasteiger partial charge on any atom is -0.467 e. The van der Waals surface area contributed by atoms with E-state index in [0.29, 0.717) is 23.8 Å². The summed E-state index contributed by atoms with van der Waals surface area (Å²) in [5.41, 5.74) is 2.73. The summed E-state index contributed by atoms with van der Waals surface area (Å²) < 4.78 is 10.9. The first kappa shape index (κ1) is 22.5. The topological polar surface area (TPSA) is 73.7 Å². The van der Waals surface area contributed by atoms with Crippen molar-refractivity contribution in [3.63, 3.8) is 0 Å². The molecule has 3 heterocycles. The van der Waals surface area contributed by atoms with E-state index in [9.17, 15) is 4.79 Å². The van der Waals surface area contributed by atoms with Crippen LogP contribution < -0.4 is 10.9 Å². The fourth-order valence-electron chi connectivity index (χ4n) is 3.87. The number of fused-ring (bicyclic) bond motifs is 1. The zero-order chi connectivity index (χ0) is 22.3. The van der Waals surface area contributed by atoms with E-state index in [4.69, 9.17) is 21.4 Å². The zero-order valence-electron chi connectivity index (χ0n) is 18.4. The molecule has 1 fully saturated rings. The monoisotopic (exact) mass is 454 g/mol. The van der Waals surface area contributed by atoms with Gasteiger partial charge in [-0.05, 0) is 59.9 Å². The van der Waals surface area contributed by atoms with E-state index in [0.717, 1.165) is 62.5 Å². The van der Waals surface area contributed by atoms with Crippen molar-refractivity contribution in [3.05, 3.63) is 69.9 Å². The van der Waals surface area contributed by atoms with Crippen LogP contribution in [0.25, 0.3) is 10.9 Å². The van der Waals surface area contributed by atoms with Gasteiger partial charge in [0, 0.05) is 37.3 Å². The highest BCUT2D eigenvalue weighted by molar-refractivity contribution is 7.80. The van der Waals surface area contributed by atoms with Crippen LogP contribution in [0.4, 0.5) is 0 Å². The van der Waals surface area contributed by atoms with Gasteiger partial charge in [0.05, 0.1) is 32.6 Å². The average Bonchev–Trinajstić information content (AvgIpc) is 3.34. The standard InChI is InChI=1S/C24H30N4O3S/c1-2-18-5-6-22-19(14-18)15-20(23(29)26-22)17-28(8-7-27-9-12-30-13-10-27)24(32)25-16-21-4-3-11-31-21/h3-6,11,14-15H,2,7-10,12-13,16-17H2,1H3,(H,25,32)(H,26,29). The molecule has 0 unspecified atom stereocenters. The lowest BCUT2D eigenvalue weighted by atomic mass is 10.1. The van der Waals surface area contributed by atoms with Crippen molar-refractivity contribution in [1.82, 2.24) is 20.1 Å². The van der Waals surface area contributed by atoms with Crippen molar-refractivity contribution in [3.8, 4) is 0 Å². The molecule has 4 rings (SSSR count). The molecule has 1 aliphatic heterocycles. The molecule has 1 aliphatic rings. The van der Waals surface area contributed by atoms with E-state index in [1.54, 1.807) is 6.26 Å². The van der Waals surface area contributed by atoms with Crippen LogP contribution in [0.5, 0.6) is 0 Å². The van der Waals surface area contributed by atoms with Gasteiger partial charge in [0.25, 0.3) is 5.56 Å². The second-order valence-electron chi connectivity index (χ2n) is 8.01. The Morgan fingerprint density at radius 2 is 2.09 bits per heavy atom. The summed E-state index contributed by atoms with van der Waals surface area (Å²) in [7, 11) is 0. The molecule has 0 atom stereocenters. The van der Waals surface area contributed by atoms with Gasteiger partial charge in [-0.2, -0.15) is 0 Å². The number of nitrogens with one attached hydrogen (secondary N) is 2. The zero-order valence-corrected chi connectivity index (χ0v) is 19.2. The van der Waals surface area contributed by atoms with E-state index < -0.39 is 0 Å². The molecule has 2 N–H and O–H groups in total. The maximum absolute atomic E-state index is 12.8. The lowest BCUT2D eigenvalue weighted by molar-refractivity contribution is 0.0357. The summed E-state index contributed by atoms with van der Waals surface area (Å²) in [4.78, 5) is 20.3. The molecular weight excluding hydrogens is 424 g/mol. The number of thiocarbonyl (C=S) groups is 1. The third kappa shape index (κ3) is 5.76. The van der Waals surface area contributed by atoms with Crippen molar-refractivity contribution in [2.75, 3.05) is 39.4 Å². The highest BCUT2D eigenvalue weighted by atomic mass is 32.1. The van der Waals surface area contributed by atoms with E-state index in [2.05, 4.69) is 39.2 Å². The summed E-state index contributed by atoms with van der Waals surface area (Å²) in [6.45, 7) is 7.99. The van der Waals surface area contributed by atoms with Gasteiger partial charge in [-0.15, -0.1) is 0 Å². The summed E-state index contributed by atoms with van der Waals surface area (Å²) in [6, 6.07) is 11.9. The number of hydrogen-bond donors (Lipinski definition) is 2. The molecule has 0 bridgehead atoms. The highest BCUT2D eigenvalue weighted by Crippen LogP contribution is 2.15. The maximum atomic E-state index is 12.8. The summed E-state index contributed by atoms with van der Waals surface area (Å²) in [5, 5.41) is 4.93. The largest absolute Gasteiger partial charge is 0.467 e.